The maximum atomic E-state index is 2.31. The molecule has 0 saturated heterocycles. The van der Waals surface area contributed by atoms with Gasteiger partial charge in [0.15, 0.2) is 0 Å². The van der Waals surface area contributed by atoms with Gasteiger partial charge in [-0.1, -0.05) is 0 Å². The van der Waals surface area contributed by atoms with Crippen LogP contribution >= 0.6 is 0 Å². The van der Waals surface area contributed by atoms with Crippen molar-refractivity contribution in [3.63, 3.8) is 0 Å². The first-order valence-corrected chi connectivity index (χ1v) is 5.20. The van der Waals surface area contributed by atoms with Crippen LogP contribution in [0.15, 0.2) is 20.8 Å². The number of rotatable bonds is 0. The van der Waals surface area contributed by atoms with E-state index in [4.69, 9.17) is 0 Å². The zero-order valence-electron chi connectivity index (χ0n) is 8.61. The maximum Gasteiger partial charge on any atom is -1.00 e. The van der Waals surface area contributed by atoms with Gasteiger partial charge in [-0.25, -0.2) is 0 Å². The molecule has 77 valence electrons. The first kappa shape index (κ1) is 16.1. The molecular formula is C10H15Cl2Os. The summed E-state index contributed by atoms with van der Waals surface area (Å²) in [4.78, 5) is 0. The van der Waals surface area contributed by atoms with Gasteiger partial charge in [0.25, 0.3) is 0 Å². The van der Waals surface area contributed by atoms with Crippen molar-refractivity contribution in [3.05, 3.63) is 20.8 Å². The molecule has 3 heteroatoms. The minimum absolute atomic E-state index is 0. The summed E-state index contributed by atoms with van der Waals surface area (Å²) in [5.74, 6) is 0. The van der Waals surface area contributed by atoms with Gasteiger partial charge in [0.2, 0.25) is 0 Å². The van der Waals surface area contributed by atoms with Gasteiger partial charge in [0, 0.05) is 0 Å². The van der Waals surface area contributed by atoms with E-state index in [1.807, 2.05) is 18.6 Å². The summed E-state index contributed by atoms with van der Waals surface area (Å²) in [6.45, 7) is 11.3. The minimum atomic E-state index is 0. The van der Waals surface area contributed by atoms with Gasteiger partial charge >= 0.3 is 79.5 Å². The quantitative estimate of drug-likeness (QED) is 0.415. The number of hydrogen-bond acceptors (Lipinski definition) is 0. The van der Waals surface area contributed by atoms with E-state index >= 15 is 0 Å². The van der Waals surface area contributed by atoms with E-state index in [9.17, 15) is 0 Å². The van der Waals surface area contributed by atoms with Crippen molar-refractivity contribution < 1.29 is 43.4 Å². The van der Waals surface area contributed by atoms with Crippen LogP contribution in [0.2, 0.25) is 0 Å². The normalized spacial score (nSPS) is 19.8. The largest absolute Gasteiger partial charge is 1.00 e. The Morgan fingerprint density at radius 1 is 0.923 bits per heavy atom. The second kappa shape index (κ2) is 4.97. The summed E-state index contributed by atoms with van der Waals surface area (Å²) < 4.78 is 1.56. The monoisotopic (exact) mass is 397 g/mol. The summed E-state index contributed by atoms with van der Waals surface area (Å²) in [6.07, 6.45) is 0. The molecule has 0 aromatic carbocycles. The average molecular weight is 396 g/mol. The molecule has 0 radical (unpaired) electrons. The Bertz CT molecular complexity index is 236. The molecule has 1 aliphatic rings. The topological polar surface area (TPSA) is 0 Å². The molecular weight excluding hydrogens is 381 g/mol. The zero-order chi connectivity index (χ0) is 8.81. The minimum Gasteiger partial charge on any atom is -1.00 e. The van der Waals surface area contributed by atoms with Crippen molar-refractivity contribution >= 4 is 0 Å². The fraction of sp³-hybridized carbons (Fsp3) is 0.600. The van der Waals surface area contributed by atoms with E-state index in [1.165, 1.54) is 11.1 Å². The molecule has 0 unspecified atom stereocenters. The van der Waals surface area contributed by atoms with E-state index in [2.05, 4.69) is 34.6 Å². The van der Waals surface area contributed by atoms with Crippen molar-refractivity contribution in [2.45, 2.75) is 34.6 Å². The van der Waals surface area contributed by atoms with Gasteiger partial charge in [0.05, 0.1) is 0 Å². The molecule has 0 bridgehead atoms. The Balaban J connectivity index is 0. The molecule has 0 aromatic heterocycles. The fourth-order valence-electron chi connectivity index (χ4n) is 1.54. The summed E-state index contributed by atoms with van der Waals surface area (Å²) >= 11 is 2.04. The van der Waals surface area contributed by atoms with Crippen molar-refractivity contribution in [3.8, 4) is 0 Å². The van der Waals surface area contributed by atoms with Crippen LogP contribution in [0.3, 0.4) is 0 Å². The standard InChI is InChI=1S/C10H15.2ClH.Os/c1-7-6-10(4,5)9(3)8(7)2;;;/h1-5H3;2*1H;/q;;;+2/p-2. The summed E-state index contributed by atoms with van der Waals surface area (Å²) in [5.41, 5.74) is 4.87. The molecule has 0 N–H and O–H groups in total. The molecule has 1 aliphatic carbocycles. The molecule has 0 atom stereocenters. The third kappa shape index (κ3) is 2.38. The van der Waals surface area contributed by atoms with Crippen molar-refractivity contribution in [2.75, 3.05) is 0 Å². The molecule has 0 spiro atoms. The summed E-state index contributed by atoms with van der Waals surface area (Å²) in [7, 11) is 0. The Morgan fingerprint density at radius 3 is 1.38 bits per heavy atom. The van der Waals surface area contributed by atoms with Crippen LogP contribution in [-0.4, -0.2) is 0 Å². The number of allylic oxidation sites excluding steroid dienone is 4. The third-order valence-electron chi connectivity index (χ3n) is 2.92. The number of halogens is 2. The second-order valence-electron chi connectivity index (χ2n) is 3.80. The molecule has 0 heterocycles. The van der Waals surface area contributed by atoms with Gasteiger partial charge in [-0.2, -0.15) is 0 Å². The third-order valence-corrected chi connectivity index (χ3v) is 5.46. The van der Waals surface area contributed by atoms with E-state index in [0.717, 1.165) is 0 Å². The first-order chi connectivity index (χ1) is 4.89. The van der Waals surface area contributed by atoms with Crippen LogP contribution in [0.4, 0.5) is 0 Å². The van der Waals surface area contributed by atoms with Crippen LogP contribution < -0.4 is 24.8 Å². The van der Waals surface area contributed by atoms with Crippen LogP contribution in [-0.2, 0) is 18.6 Å². The first-order valence-electron chi connectivity index (χ1n) is 3.93. The SMILES string of the molecule is CC1=C(C)C(C)(C)[C]([Os+2])=C1C.[Cl-].[Cl-]. The Labute approximate surface area is 104 Å². The van der Waals surface area contributed by atoms with Crippen LogP contribution in [0.1, 0.15) is 34.6 Å². The molecule has 0 aliphatic heterocycles. The maximum absolute atomic E-state index is 2.31. The van der Waals surface area contributed by atoms with Gasteiger partial charge in [-0.05, 0) is 0 Å². The van der Waals surface area contributed by atoms with Crippen molar-refractivity contribution in [2.24, 2.45) is 5.41 Å². The number of hydrogen-bond donors (Lipinski definition) is 0. The predicted octanol–water partition coefficient (Wildman–Crippen LogP) is -2.81. The average Bonchev–Trinajstić information content (AvgIpc) is 2.06. The van der Waals surface area contributed by atoms with Gasteiger partial charge in [0.1, 0.15) is 0 Å². The Kier molecular flexibility index (Phi) is 6.17. The summed E-state index contributed by atoms with van der Waals surface area (Å²) in [6, 6.07) is 0. The Hall–Kier alpha value is 0.696. The Morgan fingerprint density at radius 2 is 1.31 bits per heavy atom. The second-order valence-corrected chi connectivity index (χ2v) is 5.07. The van der Waals surface area contributed by atoms with Crippen LogP contribution in [0.25, 0.3) is 0 Å². The predicted molar refractivity (Wildman–Crippen MR) is 44.9 cm³/mol. The van der Waals surface area contributed by atoms with E-state index in [-0.39, 0.29) is 24.8 Å². The molecule has 0 amide bonds. The van der Waals surface area contributed by atoms with E-state index < -0.39 is 0 Å². The molecule has 1 rings (SSSR count). The zero-order valence-corrected chi connectivity index (χ0v) is 12.7. The molecule has 0 fully saturated rings. The fourth-order valence-corrected chi connectivity index (χ4v) is 2.49. The van der Waals surface area contributed by atoms with E-state index in [1.54, 1.807) is 9.70 Å². The smallest absolute Gasteiger partial charge is 1.00 e. The molecule has 0 aromatic rings. The van der Waals surface area contributed by atoms with Gasteiger partial charge < -0.3 is 24.8 Å². The molecule has 13 heavy (non-hydrogen) atoms. The van der Waals surface area contributed by atoms with E-state index in [0.29, 0.717) is 5.41 Å². The van der Waals surface area contributed by atoms with Gasteiger partial charge in [-0.3, -0.25) is 0 Å². The van der Waals surface area contributed by atoms with Crippen molar-refractivity contribution in [1.29, 1.82) is 0 Å². The summed E-state index contributed by atoms with van der Waals surface area (Å²) in [5, 5.41) is 0. The molecule has 0 saturated carbocycles. The van der Waals surface area contributed by atoms with Crippen LogP contribution in [0.5, 0.6) is 0 Å². The van der Waals surface area contributed by atoms with Gasteiger partial charge in [-0.15, -0.1) is 0 Å². The van der Waals surface area contributed by atoms with Crippen LogP contribution in [0, 0.1) is 5.41 Å². The molecule has 0 nitrogen and oxygen atoms in total. The van der Waals surface area contributed by atoms with Crippen molar-refractivity contribution in [1.82, 2.24) is 0 Å².